The largest absolute Gasteiger partial charge is 0.352 e. The summed E-state index contributed by atoms with van der Waals surface area (Å²) >= 11 is 1.60. The lowest BCUT2D eigenvalue weighted by atomic mass is 10.1. The van der Waals surface area contributed by atoms with E-state index in [1.54, 1.807) is 17.4 Å². The number of carbonyl (C=O) groups excluding carboxylic acids is 1. The number of thiazole rings is 1. The van der Waals surface area contributed by atoms with Crippen molar-refractivity contribution in [1.29, 1.82) is 0 Å². The molecule has 0 bridgehead atoms. The Hall–Kier alpha value is -1.14. The number of aromatic nitrogens is 1. The first kappa shape index (κ1) is 19.9. The number of nitrogens with zero attached hydrogens (tertiary/aromatic N) is 1. The predicted octanol–water partition coefficient (Wildman–Crippen LogP) is 3.04. The fraction of sp³-hybridized carbons (Fsp3) is 0.286. The van der Waals surface area contributed by atoms with Crippen molar-refractivity contribution in [2.75, 3.05) is 13.1 Å². The molecule has 0 saturated heterocycles. The van der Waals surface area contributed by atoms with Crippen molar-refractivity contribution in [2.24, 2.45) is 5.73 Å². The lowest BCUT2D eigenvalue weighted by Gasteiger charge is -2.05. The van der Waals surface area contributed by atoms with Gasteiger partial charge in [-0.1, -0.05) is 12.1 Å². The number of hydrogen-bond donors (Lipinski definition) is 2. The second-order valence-corrected chi connectivity index (χ2v) is 5.29. The SMILES string of the molecule is Cc1nc(-c2cccc(C(=O)NCCCN)c2)cs1.Cl.Cl. The van der Waals surface area contributed by atoms with Crippen LogP contribution >= 0.6 is 36.2 Å². The van der Waals surface area contributed by atoms with Gasteiger partial charge in [-0.3, -0.25) is 4.79 Å². The van der Waals surface area contributed by atoms with Crippen LogP contribution in [-0.2, 0) is 0 Å². The summed E-state index contributed by atoms with van der Waals surface area (Å²) in [4.78, 5) is 16.4. The number of amides is 1. The van der Waals surface area contributed by atoms with Crippen molar-refractivity contribution >= 4 is 42.1 Å². The zero-order valence-electron chi connectivity index (χ0n) is 11.7. The Morgan fingerprint density at radius 2 is 2.14 bits per heavy atom. The minimum Gasteiger partial charge on any atom is -0.352 e. The minimum atomic E-state index is -0.0674. The molecule has 0 aliphatic heterocycles. The van der Waals surface area contributed by atoms with Gasteiger partial charge in [-0.15, -0.1) is 36.2 Å². The quantitative estimate of drug-likeness (QED) is 0.816. The number of nitrogens with two attached hydrogens (primary N) is 1. The van der Waals surface area contributed by atoms with Crippen molar-refractivity contribution in [2.45, 2.75) is 13.3 Å². The molecule has 2 aromatic rings. The standard InChI is InChI=1S/C14H17N3OS.2ClH/c1-10-17-13(9-19-10)11-4-2-5-12(8-11)14(18)16-7-3-6-15;;/h2,4-5,8-9H,3,6-7,15H2,1H3,(H,16,18);2*1H. The Labute approximate surface area is 141 Å². The number of rotatable bonds is 5. The van der Waals surface area contributed by atoms with Crippen LogP contribution in [0.2, 0.25) is 0 Å². The molecule has 116 valence electrons. The number of carbonyl (C=O) groups is 1. The molecule has 21 heavy (non-hydrogen) atoms. The highest BCUT2D eigenvalue weighted by Gasteiger charge is 2.08. The van der Waals surface area contributed by atoms with E-state index < -0.39 is 0 Å². The molecule has 2 rings (SSSR count). The molecule has 0 aliphatic carbocycles. The van der Waals surface area contributed by atoms with E-state index in [-0.39, 0.29) is 30.7 Å². The van der Waals surface area contributed by atoms with Gasteiger partial charge >= 0.3 is 0 Å². The van der Waals surface area contributed by atoms with E-state index >= 15 is 0 Å². The van der Waals surface area contributed by atoms with E-state index in [1.807, 2.05) is 30.5 Å². The van der Waals surface area contributed by atoms with Gasteiger partial charge in [-0.2, -0.15) is 0 Å². The van der Waals surface area contributed by atoms with E-state index in [2.05, 4.69) is 10.3 Å². The molecule has 1 aromatic carbocycles. The number of hydrogen-bond acceptors (Lipinski definition) is 4. The highest BCUT2D eigenvalue weighted by Crippen LogP contribution is 2.22. The Kier molecular flexibility index (Phi) is 9.21. The van der Waals surface area contributed by atoms with Crippen LogP contribution in [0, 0.1) is 6.92 Å². The molecule has 1 aromatic heterocycles. The highest BCUT2D eigenvalue weighted by molar-refractivity contribution is 7.09. The zero-order valence-corrected chi connectivity index (χ0v) is 14.1. The molecule has 4 nitrogen and oxygen atoms in total. The van der Waals surface area contributed by atoms with Gasteiger partial charge in [-0.25, -0.2) is 4.98 Å². The van der Waals surface area contributed by atoms with Crippen molar-refractivity contribution < 1.29 is 4.79 Å². The van der Waals surface area contributed by atoms with Gasteiger partial charge in [-0.05, 0) is 32.0 Å². The van der Waals surface area contributed by atoms with Gasteiger partial charge in [0.1, 0.15) is 0 Å². The van der Waals surface area contributed by atoms with Crippen LogP contribution in [0.3, 0.4) is 0 Å². The third-order valence-electron chi connectivity index (χ3n) is 2.71. The lowest BCUT2D eigenvalue weighted by Crippen LogP contribution is -2.25. The molecule has 0 fully saturated rings. The van der Waals surface area contributed by atoms with Crippen LogP contribution in [0.25, 0.3) is 11.3 Å². The lowest BCUT2D eigenvalue weighted by molar-refractivity contribution is 0.0953. The van der Waals surface area contributed by atoms with Crippen LogP contribution in [0.1, 0.15) is 21.8 Å². The Morgan fingerprint density at radius 1 is 1.38 bits per heavy atom. The van der Waals surface area contributed by atoms with E-state index in [9.17, 15) is 4.79 Å². The number of halogens is 2. The predicted molar refractivity (Wildman–Crippen MR) is 92.8 cm³/mol. The maximum atomic E-state index is 11.9. The molecular weight excluding hydrogens is 329 g/mol. The average molecular weight is 348 g/mol. The zero-order chi connectivity index (χ0) is 13.7. The first-order valence-electron chi connectivity index (χ1n) is 6.21. The van der Waals surface area contributed by atoms with Gasteiger partial charge in [0.25, 0.3) is 5.91 Å². The average Bonchev–Trinajstić information content (AvgIpc) is 2.86. The first-order valence-corrected chi connectivity index (χ1v) is 7.09. The van der Waals surface area contributed by atoms with E-state index in [1.165, 1.54) is 0 Å². The molecule has 3 N–H and O–H groups in total. The minimum absolute atomic E-state index is 0. The molecule has 1 heterocycles. The van der Waals surface area contributed by atoms with Crippen molar-refractivity contribution in [3.63, 3.8) is 0 Å². The number of nitrogens with one attached hydrogen (secondary N) is 1. The summed E-state index contributed by atoms with van der Waals surface area (Å²) < 4.78 is 0. The summed E-state index contributed by atoms with van der Waals surface area (Å²) in [6.45, 7) is 3.16. The molecular formula is C14H19Cl2N3OS. The van der Waals surface area contributed by atoms with Crippen LogP contribution in [-0.4, -0.2) is 24.0 Å². The Bertz CT molecular complexity index is 575. The summed E-state index contributed by atoms with van der Waals surface area (Å²) in [5, 5.41) is 5.87. The van der Waals surface area contributed by atoms with Gasteiger partial charge in [0.15, 0.2) is 0 Å². The molecule has 7 heteroatoms. The van der Waals surface area contributed by atoms with Gasteiger partial charge in [0.2, 0.25) is 0 Å². The maximum absolute atomic E-state index is 11.9. The molecule has 0 saturated carbocycles. The van der Waals surface area contributed by atoms with E-state index in [0.29, 0.717) is 18.7 Å². The van der Waals surface area contributed by atoms with Gasteiger partial charge in [0.05, 0.1) is 10.7 Å². The fourth-order valence-electron chi connectivity index (χ4n) is 1.72. The summed E-state index contributed by atoms with van der Waals surface area (Å²) in [5.41, 5.74) is 7.93. The molecule has 1 amide bonds. The second-order valence-electron chi connectivity index (χ2n) is 4.23. The van der Waals surface area contributed by atoms with E-state index in [0.717, 1.165) is 22.7 Å². The van der Waals surface area contributed by atoms with E-state index in [4.69, 9.17) is 5.73 Å². The first-order chi connectivity index (χ1) is 9.20. The fourth-order valence-corrected chi connectivity index (χ4v) is 2.34. The molecule has 0 radical (unpaired) electrons. The number of aryl methyl sites for hydroxylation is 1. The third kappa shape index (κ3) is 5.63. The van der Waals surface area contributed by atoms with Crippen LogP contribution < -0.4 is 11.1 Å². The summed E-state index contributed by atoms with van der Waals surface area (Å²) in [5.74, 6) is -0.0674. The Balaban J connectivity index is 0.00000200. The Morgan fingerprint density at radius 3 is 2.76 bits per heavy atom. The smallest absolute Gasteiger partial charge is 0.251 e. The topological polar surface area (TPSA) is 68.0 Å². The second kappa shape index (κ2) is 9.73. The maximum Gasteiger partial charge on any atom is 0.251 e. The van der Waals surface area contributed by atoms with Gasteiger partial charge in [0, 0.05) is 23.1 Å². The summed E-state index contributed by atoms with van der Waals surface area (Å²) in [6.07, 6.45) is 0.788. The molecule has 0 spiro atoms. The van der Waals surface area contributed by atoms with Crippen LogP contribution in [0.15, 0.2) is 29.6 Å². The van der Waals surface area contributed by atoms with Crippen molar-refractivity contribution in [1.82, 2.24) is 10.3 Å². The molecule has 0 unspecified atom stereocenters. The normalized spacial score (nSPS) is 9.43. The van der Waals surface area contributed by atoms with Crippen molar-refractivity contribution in [3.8, 4) is 11.3 Å². The summed E-state index contributed by atoms with van der Waals surface area (Å²) in [7, 11) is 0. The molecule has 0 aliphatic rings. The van der Waals surface area contributed by atoms with Gasteiger partial charge < -0.3 is 11.1 Å². The van der Waals surface area contributed by atoms with Crippen LogP contribution in [0.4, 0.5) is 0 Å². The highest BCUT2D eigenvalue weighted by atomic mass is 35.5. The monoisotopic (exact) mass is 347 g/mol. The van der Waals surface area contributed by atoms with Crippen molar-refractivity contribution in [3.05, 3.63) is 40.2 Å². The summed E-state index contributed by atoms with van der Waals surface area (Å²) in [6, 6.07) is 7.51. The van der Waals surface area contributed by atoms with Crippen LogP contribution in [0.5, 0.6) is 0 Å². The third-order valence-corrected chi connectivity index (χ3v) is 3.48. The molecule has 0 atom stereocenters. The number of benzene rings is 1.